The van der Waals surface area contributed by atoms with Crippen LogP contribution in [0.3, 0.4) is 0 Å². The second-order valence-electron chi connectivity index (χ2n) is 5.40. The fraction of sp³-hybridized carbons (Fsp3) is 0.533. The van der Waals surface area contributed by atoms with E-state index < -0.39 is 0 Å². The lowest BCUT2D eigenvalue weighted by molar-refractivity contribution is 0.708. The van der Waals surface area contributed by atoms with Gasteiger partial charge in [0.25, 0.3) is 0 Å². The highest BCUT2D eigenvalue weighted by Gasteiger charge is 2.17. The molecule has 0 radical (unpaired) electrons. The van der Waals surface area contributed by atoms with Crippen molar-refractivity contribution in [1.29, 1.82) is 0 Å². The van der Waals surface area contributed by atoms with E-state index in [1.54, 1.807) is 17.7 Å². The molecule has 2 heterocycles. The lowest BCUT2D eigenvalue weighted by Gasteiger charge is -2.16. The first-order valence-corrected chi connectivity index (χ1v) is 8.13. The van der Waals surface area contributed by atoms with Gasteiger partial charge in [0.15, 0.2) is 0 Å². The van der Waals surface area contributed by atoms with Crippen LogP contribution in [0, 0.1) is 6.92 Å². The first-order valence-electron chi connectivity index (χ1n) is 7.25. The maximum absolute atomic E-state index is 4.55. The number of aromatic nitrogens is 3. The maximum Gasteiger partial charge on any atom is 0.133 e. The molecule has 0 fully saturated rings. The number of nitrogens with zero attached hydrogens (tertiary/aromatic N) is 3. The van der Waals surface area contributed by atoms with Crippen LogP contribution in [0.25, 0.3) is 0 Å². The number of fused-ring (bicyclic) bond motifs is 1. The SMILES string of the molecule is Cc1csc(C(C)Nc2ncnc3c2CCCCC3)n1. The van der Waals surface area contributed by atoms with Crippen LogP contribution in [0.15, 0.2) is 11.7 Å². The Morgan fingerprint density at radius 2 is 2.05 bits per heavy atom. The molecule has 1 unspecified atom stereocenters. The second kappa shape index (κ2) is 5.87. The monoisotopic (exact) mass is 288 g/mol. The highest BCUT2D eigenvalue weighted by Crippen LogP contribution is 2.27. The van der Waals surface area contributed by atoms with Gasteiger partial charge in [-0.15, -0.1) is 11.3 Å². The van der Waals surface area contributed by atoms with Crippen molar-refractivity contribution >= 4 is 17.2 Å². The molecular formula is C15H20N4S. The van der Waals surface area contributed by atoms with Crippen LogP contribution >= 0.6 is 11.3 Å². The third kappa shape index (κ3) is 2.82. The summed E-state index contributed by atoms with van der Waals surface area (Å²) in [5, 5.41) is 6.73. The van der Waals surface area contributed by atoms with Crippen LogP contribution in [0.4, 0.5) is 5.82 Å². The first-order chi connectivity index (χ1) is 9.74. The predicted molar refractivity (Wildman–Crippen MR) is 82.2 cm³/mol. The minimum Gasteiger partial charge on any atom is -0.361 e. The van der Waals surface area contributed by atoms with Crippen molar-refractivity contribution in [2.24, 2.45) is 0 Å². The summed E-state index contributed by atoms with van der Waals surface area (Å²) in [6.45, 7) is 4.17. The summed E-state index contributed by atoms with van der Waals surface area (Å²) >= 11 is 1.70. The zero-order chi connectivity index (χ0) is 13.9. The normalized spacial score (nSPS) is 16.3. The van der Waals surface area contributed by atoms with Gasteiger partial charge >= 0.3 is 0 Å². The average molecular weight is 288 g/mol. The van der Waals surface area contributed by atoms with E-state index in [-0.39, 0.29) is 6.04 Å². The number of nitrogens with one attached hydrogen (secondary N) is 1. The Kier molecular flexibility index (Phi) is 3.96. The van der Waals surface area contributed by atoms with Crippen LogP contribution in [-0.4, -0.2) is 15.0 Å². The molecule has 106 valence electrons. The number of hydrogen-bond acceptors (Lipinski definition) is 5. The van der Waals surface area contributed by atoms with Gasteiger partial charge in [0.1, 0.15) is 17.2 Å². The summed E-state index contributed by atoms with van der Waals surface area (Å²) in [6, 6.07) is 0.191. The Bertz CT molecular complexity index is 593. The largest absolute Gasteiger partial charge is 0.361 e. The standard InChI is InChI=1S/C15H20N4S/c1-10-8-20-15(18-10)11(2)19-14-12-6-4-3-5-7-13(12)16-9-17-14/h8-9,11H,3-7H2,1-2H3,(H,16,17,19). The van der Waals surface area contributed by atoms with E-state index in [1.807, 2.05) is 6.92 Å². The number of anilines is 1. The molecular weight excluding hydrogens is 268 g/mol. The Morgan fingerprint density at radius 1 is 1.20 bits per heavy atom. The van der Waals surface area contributed by atoms with Crippen molar-refractivity contribution in [3.05, 3.63) is 33.7 Å². The molecule has 0 spiro atoms. The van der Waals surface area contributed by atoms with E-state index in [2.05, 4.69) is 32.6 Å². The number of aryl methyl sites for hydroxylation is 2. The van der Waals surface area contributed by atoms with Crippen molar-refractivity contribution in [3.63, 3.8) is 0 Å². The quantitative estimate of drug-likeness (QED) is 0.875. The predicted octanol–water partition coefficient (Wildman–Crippen LogP) is 3.68. The molecule has 1 atom stereocenters. The fourth-order valence-corrected chi connectivity index (χ4v) is 3.46. The highest BCUT2D eigenvalue weighted by molar-refractivity contribution is 7.09. The number of rotatable bonds is 3. The minimum absolute atomic E-state index is 0.191. The number of hydrogen-bond donors (Lipinski definition) is 1. The van der Waals surface area contributed by atoms with Gasteiger partial charge in [-0.3, -0.25) is 0 Å². The fourth-order valence-electron chi connectivity index (χ4n) is 2.66. The molecule has 2 aromatic rings. The summed E-state index contributed by atoms with van der Waals surface area (Å²) in [5.41, 5.74) is 3.62. The van der Waals surface area contributed by atoms with Gasteiger partial charge in [0.2, 0.25) is 0 Å². The summed E-state index contributed by atoms with van der Waals surface area (Å²) in [7, 11) is 0. The van der Waals surface area contributed by atoms with Crippen molar-refractivity contribution < 1.29 is 0 Å². The first kappa shape index (κ1) is 13.5. The Labute approximate surface area is 123 Å². The molecule has 2 aromatic heterocycles. The summed E-state index contributed by atoms with van der Waals surface area (Å²) < 4.78 is 0. The molecule has 0 bridgehead atoms. The third-order valence-electron chi connectivity index (χ3n) is 3.74. The van der Waals surface area contributed by atoms with Gasteiger partial charge in [-0.2, -0.15) is 0 Å². The van der Waals surface area contributed by atoms with Gasteiger partial charge in [-0.05, 0) is 39.5 Å². The van der Waals surface area contributed by atoms with Crippen molar-refractivity contribution in [1.82, 2.24) is 15.0 Å². The smallest absolute Gasteiger partial charge is 0.133 e. The van der Waals surface area contributed by atoms with Crippen LogP contribution < -0.4 is 5.32 Å². The summed E-state index contributed by atoms with van der Waals surface area (Å²) in [4.78, 5) is 13.5. The highest BCUT2D eigenvalue weighted by atomic mass is 32.1. The Balaban J connectivity index is 1.84. The Morgan fingerprint density at radius 3 is 2.85 bits per heavy atom. The van der Waals surface area contributed by atoms with Gasteiger partial charge in [0.05, 0.1) is 6.04 Å². The van der Waals surface area contributed by atoms with Crippen molar-refractivity contribution in [2.45, 2.75) is 52.0 Å². The van der Waals surface area contributed by atoms with Gasteiger partial charge < -0.3 is 5.32 Å². The van der Waals surface area contributed by atoms with Crippen LogP contribution in [-0.2, 0) is 12.8 Å². The lowest BCUT2D eigenvalue weighted by atomic mass is 10.1. The second-order valence-corrected chi connectivity index (χ2v) is 6.29. The van der Waals surface area contributed by atoms with Gasteiger partial charge in [0, 0.05) is 22.3 Å². The van der Waals surface area contributed by atoms with Crippen LogP contribution in [0.1, 0.15) is 54.2 Å². The molecule has 0 amide bonds. The van der Waals surface area contributed by atoms with E-state index in [0.29, 0.717) is 0 Å². The summed E-state index contributed by atoms with van der Waals surface area (Å²) in [6.07, 6.45) is 7.62. The maximum atomic E-state index is 4.55. The molecule has 1 N–H and O–H groups in total. The van der Waals surface area contributed by atoms with Crippen LogP contribution in [0.5, 0.6) is 0 Å². The molecule has 0 aromatic carbocycles. The molecule has 1 aliphatic rings. The molecule has 5 heteroatoms. The molecule has 3 rings (SSSR count). The lowest BCUT2D eigenvalue weighted by Crippen LogP contribution is -2.12. The zero-order valence-electron chi connectivity index (χ0n) is 12.0. The molecule has 4 nitrogen and oxygen atoms in total. The molecule has 0 saturated heterocycles. The molecule has 20 heavy (non-hydrogen) atoms. The van der Waals surface area contributed by atoms with E-state index >= 15 is 0 Å². The van der Waals surface area contributed by atoms with E-state index in [1.165, 1.54) is 30.5 Å². The summed E-state index contributed by atoms with van der Waals surface area (Å²) in [5.74, 6) is 0.997. The van der Waals surface area contributed by atoms with Gasteiger partial charge in [-0.25, -0.2) is 15.0 Å². The van der Waals surface area contributed by atoms with E-state index in [9.17, 15) is 0 Å². The van der Waals surface area contributed by atoms with E-state index in [0.717, 1.165) is 29.4 Å². The van der Waals surface area contributed by atoms with Crippen molar-refractivity contribution in [3.8, 4) is 0 Å². The van der Waals surface area contributed by atoms with Crippen molar-refractivity contribution in [2.75, 3.05) is 5.32 Å². The van der Waals surface area contributed by atoms with E-state index in [4.69, 9.17) is 0 Å². The molecule has 1 aliphatic carbocycles. The minimum atomic E-state index is 0.191. The average Bonchev–Trinajstić information content (AvgIpc) is 2.73. The Hall–Kier alpha value is -1.49. The molecule has 0 aliphatic heterocycles. The topological polar surface area (TPSA) is 50.7 Å². The third-order valence-corrected chi connectivity index (χ3v) is 4.88. The zero-order valence-corrected chi connectivity index (χ0v) is 12.8. The number of thiazole rings is 1. The van der Waals surface area contributed by atoms with Gasteiger partial charge in [-0.1, -0.05) is 6.42 Å². The van der Waals surface area contributed by atoms with Crippen LogP contribution in [0.2, 0.25) is 0 Å². The molecule has 0 saturated carbocycles.